The topological polar surface area (TPSA) is 26.3 Å². The SMILES string of the molecule is CCCCCCCCCCCCCC=CC=CC(=O)OCCCCCCCCCCCCCCCCCC. The van der Waals surface area contributed by atoms with E-state index in [1.54, 1.807) is 6.08 Å². The molecule has 0 radical (unpaired) electrons. The molecule has 0 aliphatic carbocycles. The van der Waals surface area contributed by atoms with Gasteiger partial charge in [0.25, 0.3) is 0 Å². The fourth-order valence-corrected chi connectivity index (χ4v) is 5.11. The number of esters is 1. The van der Waals surface area contributed by atoms with Crippen LogP contribution in [-0.4, -0.2) is 12.6 Å². The summed E-state index contributed by atoms with van der Waals surface area (Å²) in [5.41, 5.74) is 0. The molecule has 0 heterocycles. The fraction of sp³-hybridized carbons (Fsp3) is 0.861. The highest BCUT2D eigenvalue weighted by molar-refractivity contribution is 5.82. The van der Waals surface area contributed by atoms with E-state index in [-0.39, 0.29) is 5.97 Å². The molecule has 0 aliphatic heterocycles. The number of carbonyl (C=O) groups is 1. The van der Waals surface area contributed by atoms with Gasteiger partial charge in [-0.25, -0.2) is 4.79 Å². The highest BCUT2D eigenvalue weighted by Gasteiger charge is 1.98. The lowest BCUT2D eigenvalue weighted by Crippen LogP contribution is -2.02. The first kappa shape index (κ1) is 37.0. The van der Waals surface area contributed by atoms with E-state index in [2.05, 4.69) is 19.9 Å². The van der Waals surface area contributed by atoms with Crippen LogP contribution in [0.1, 0.15) is 194 Å². The van der Waals surface area contributed by atoms with Gasteiger partial charge in [0.15, 0.2) is 0 Å². The maximum atomic E-state index is 11.8. The number of unbranched alkanes of at least 4 members (excludes halogenated alkanes) is 26. The second-order valence-electron chi connectivity index (χ2n) is 11.6. The summed E-state index contributed by atoms with van der Waals surface area (Å²) in [5, 5.41) is 0. The minimum absolute atomic E-state index is 0.203. The first-order valence-electron chi connectivity index (χ1n) is 17.3. The van der Waals surface area contributed by atoms with Gasteiger partial charge in [-0.3, -0.25) is 0 Å². The molecule has 0 aliphatic rings. The minimum Gasteiger partial charge on any atom is -0.463 e. The van der Waals surface area contributed by atoms with Gasteiger partial charge in [-0.2, -0.15) is 0 Å². The summed E-state index contributed by atoms with van der Waals surface area (Å²) in [5.74, 6) is -0.203. The molecule has 0 amide bonds. The molecule has 0 fully saturated rings. The molecule has 0 spiro atoms. The minimum atomic E-state index is -0.203. The van der Waals surface area contributed by atoms with E-state index in [0.717, 1.165) is 12.8 Å². The molecule has 0 aromatic heterocycles. The number of hydrogen-bond donors (Lipinski definition) is 0. The van der Waals surface area contributed by atoms with Crippen LogP contribution in [0.3, 0.4) is 0 Å². The Balaban J connectivity index is 3.28. The fourth-order valence-electron chi connectivity index (χ4n) is 5.11. The summed E-state index contributed by atoms with van der Waals surface area (Å²) in [6.45, 7) is 5.13. The lowest BCUT2D eigenvalue weighted by molar-refractivity contribution is -0.137. The molecule has 2 heteroatoms. The van der Waals surface area contributed by atoms with Gasteiger partial charge in [-0.1, -0.05) is 193 Å². The second-order valence-corrected chi connectivity index (χ2v) is 11.6. The quantitative estimate of drug-likeness (QED) is 0.0384. The summed E-state index contributed by atoms with van der Waals surface area (Å²) in [6, 6.07) is 0. The summed E-state index contributed by atoms with van der Waals surface area (Å²) in [6.07, 6.45) is 45.6. The summed E-state index contributed by atoms with van der Waals surface area (Å²) < 4.78 is 5.32. The average Bonchev–Trinajstić information content (AvgIpc) is 2.92. The van der Waals surface area contributed by atoms with E-state index in [0.29, 0.717) is 6.61 Å². The van der Waals surface area contributed by atoms with Gasteiger partial charge in [0.05, 0.1) is 6.61 Å². The van der Waals surface area contributed by atoms with Crippen molar-refractivity contribution in [2.75, 3.05) is 6.61 Å². The average molecular weight is 533 g/mol. The number of allylic oxidation sites excluding steroid dienone is 3. The number of carbonyl (C=O) groups excluding carboxylic acids is 1. The van der Waals surface area contributed by atoms with Crippen molar-refractivity contribution in [2.24, 2.45) is 0 Å². The van der Waals surface area contributed by atoms with Crippen molar-refractivity contribution in [1.82, 2.24) is 0 Å². The van der Waals surface area contributed by atoms with Crippen LogP contribution in [0.5, 0.6) is 0 Å². The van der Waals surface area contributed by atoms with Crippen molar-refractivity contribution in [1.29, 1.82) is 0 Å². The van der Waals surface area contributed by atoms with Gasteiger partial charge in [0.2, 0.25) is 0 Å². The van der Waals surface area contributed by atoms with E-state index in [1.807, 2.05) is 12.2 Å². The van der Waals surface area contributed by atoms with Gasteiger partial charge in [-0.15, -0.1) is 0 Å². The van der Waals surface area contributed by atoms with E-state index in [9.17, 15) is 4.79 Å². The molecular weight excluding hydrogens is 464 g/mol. The molecule has 0 bridgehead atoms. The third-order valence-corrected chi connectivity index (χ3v) is 7.70. The van der Waals surface area contributed by atoms with Crippen molar-refractivity contribution in [3.63, 3.8) is 0 Å². The van der Waals surface area contributed by atoms with Crippen LogP contribution < -0.4 is 0 Å². The molecule has 224 valence electrons. The maximum absolute atomic E-state index is 11.8. The first-order valence-corrected chi connectivity index (χ1v) is 17.3. The zero-order valence-electron chi connectivity index (χ0n) is 26.1. The smallest absolute Gasteiger partial charge is 0.330 e. The number of ether oxygens (including phenoxy) is 1. The molecular formula is C36H68O2. The van der Waals surface area contributed by atoms with E-state index >= 15 is 0 Å². The molecule has 0 aromatic rings. The normalized spacial score (nSPS) is 11.7. The molecule has 2 nitrogen and oxygen atoms in total. The lowest BCUT2D eigenvalue weighted by atomic mass is 10.0. The Morgan fingerprint density at radius 3 is 1.18 bits per heavy atom. The Labute approximate surface area is 239 Å². The number of rotatable bonds is 31. The molecule has 0 N–H and O–H groups in total. The zero-order chi connectivity index (χ0) is 27.6. The van der Waals surface area contributed by atoms with Crippen LogP contribution in [0.4, 0.5) is 0 Å². The van der Waals surface area contributed by atoms with Gasteiger partial charge in [0.1, 0.15) is 0 Å². The Hall–Kier alpha value is -1.05. The van der Waals surface area contributed by atoms with Crippen LogP contribution in [-0.2, 0) is 9.53 Å². The van der Waals surface area contributed by atoms with Gasteiger partial charge < -0.3 is 4.74 Å². The van der Waals surface area contributed by atoms with Crippen LogP contribution in [0.2, 0.25) is 0 Å². The molecule has 0 unspecified atom stereocenters. The largest absolute Gasteiger partial charge is 0.463 e. The lowest BCUT2D eigenvalue weighted by Gasteiger charge is -2.04. The number of hydrogen-bond acceptors (Lipinski definition) is 2. The third-order valence-electron chi connectivity index (χ3n) is 7.70. The maximum Gasteiger partial charge on any atom is 0.330 e. The van der Waals surface area contributed by atoms with Crippen molar-refractivity contribution in [2.45, 2.75) is 194 Å². The molecule has 0 atom stereocenters. The third kappa shape index (κ3) is 33.0. The monoisotopic (exact) mass is 533 g/mol. The predicted octanol–water partition coefficient (Wildman–Crippen LogP) is 12.6. The van der Waals surface area contributed by atoms with Crippen molar-refractivity contribution in [3.8, 4) is 0 Å². The van der Waals surface area contributed by atoms with E-state index < -0.39 is 0 Å². The zero-order valence-corrected chi connectivity index (χ0v) is 26.1. The van der Waals surface area contributed by atoms with Crippen molar-refractivity contribution < 1.29 is 9.53 Å². The summed E-state index contributed by atoms with van der Waals surface area (Å²) >= 11 is 0. The summed E-state index contributed by atoms with van der Waals surface area (Å²) in [4.78, 5) is 11.8. The van der Waals surface area contributed by atoms with Crippen molar-refractivity contribution in [3.05, 3.63) is 24.3 Å². The highest BCUT2D eigenvalue weighted by Crippen LogP contribution is 2.14. The van der Waals surface area contributed by atoms with Crippen LogP contribution in [0.15, 0.2) is 24.3 Å². The second kappa shape index (κ2) is 34.0. The molecule has 0 rings (SSSR count). The Morgan fingerprint density at radius 2 is 0.789 bits per heavy atom. The molecule has 0 saturated carbocycles. The highest BCUT2D eigenvalue weighted by atomic mass is 16.5. The van der Waals surface area contributed by atoms with Crippen LogP contribution in [0.25, 0.3) is 0 Å². The van der Waals surface area contributed by atoms with Crippen molar-refractivity contribution >= 4 is 5.97 Å². The molecule has 38 heavy (non-hydrogen) atoms. The van der Waals surface area contributed by atoms with Gasteiger partial charge >= 0.3 is 5.97 Å². The predicted molar refractivity (Wildman–Crippen MR) is 170 cm³/mol. The van der Waals surface area contributed by atoms with Crippen LogP contribution in [0, 0.1) is 0 Å². The van der Waals surface area contributed by atoms with E-state index in [4.69, 9.17) is 4.74 Å². The molecule has 0 aromatic carbocycles. The van der Waals surface area contributed by atoms with Gasteiger partial charge in [0, 0.05) is 6.08 Å². The summed E-state index contributed by atoms with van der Waals surface area (Å²) in [7, 11) is 0. The first-order chi connectivity index (χ1) is 18.8. The Kier molecular flexibility index (Phi) is 33.0. The van der Waals surface area contributed by atoms with E-state index in [1.165, 1.54) is 167 Å². The Morgan fingerprint density at radius 1 is 0.447 bits per heavy atom. The Bertz CT molecular complexity index is 507. The molecule has 0 saturated heterocycles. The van der Waals surface area contributed by atoms with Crippen LogP contribution >= 0.6 is 0 Å². The van der Waals surface area contributed by atoms with Gasteiger partial charge in [-0.05, 0) is 19.3 Å². The standard InChI is InChI=1S/C36H68O2/c1-3-5-7-9-11-13-15-17-19-21-23-25-27-29-31-33-35-38-36(37)34-32-30-28-26-24-22-20-18-16-14-12-10-8-6-4-2/h28,30,32,34H,3-27,29,31,33,35H2,1-2H3.